The zero-order valence-electron chi connectivity index (χ0n) is 16.7. The molecule has 0 aliphatic rings. The minimum absolute atomic E-state index is 0.0383. The largest absolute Gasteiger partial charge is 0.454 e. The highest BCUT2D eigenvalue weighted by atomic mass is 16.6. The normalized spacial score (nSPS) is 11.3. The summed E-state index contributed by atoms with van der Waals surface area (Å²) in [6, 6.07) is 12.5. The molecule has 158 valence electrons. The van der Waals surface area contributed by atoms with E-state index in [0.29, 0.717) is 5.69 Å². The van der Waals surface area contributed by atoms with Crippen molar-refractivity contribution in [2.45, 2.75) is 26.2 Å². The lowest BCUT2D eigenvalue weighted by molar-refractivity contribution is -0.384. The lowest BCUT2D eigenvalue weighted by atomic mass is 9.97. The average molecular weight is 413 g/mol. The lowest BCUT2D eigenvalue weighted by Gasteiger charge is -2.15. The number of hydrogen-bond acceptors (Lipinski definition) is 6. The summed E-state index contributed by atoms with van der Waals surface area (Å²) in [6.45, 7) is 3.13. The molecule has 1 atom stereocenters. The molecule has 0 fully saturated rings. The molecule has 2 aromatic carbocycles. The molecule has 0 aliphatic heterocycles. The molecule has 0 aromatic heterocycles. The predicted molar refractivity (Wildman–Crippen MR) is 110 cm³/mol. The van der Waals surface area contributed by atoms with Gasteiger partial charge in [0.2, 0.25) is 0 Å². The number of nitrogens with one attached hydrogen (secondary N) is 2. The van der Waals surface area contributed by atoms with Crippen molar-refractivity contribution < 1.29 is 24.0 Å². The number of ether oxygens (including phenoxy) is 1. The van der Waals surface area contributed by atoms with Gasteiger partial charge in [-0.2, -0.15) is 0 Å². The van der Waals surface area contributed by atoms with E-state index in [-0.39, 0.29) is 17.2 Å². The Morgan fingerprint density at radius 1 is 1.13 bits per heavy atom. The number of para-hydroxylation sites is 1. The molecule has 0 saturated carbocycles. The van der Waals surface area contributed by atoms with E-state index < -0.39 is 35.9 Å². The maximum Gasteiger partial charge on any atom is 0.325 e. The van der Waals surface area contributed by atoms with Gasteiger partial charge in [-0.05, 0) is 30.0 Å². The summed E-state index contributed by atoms with van der Waals surface area (Å²) in [4.78, 5) is 46.1. The number of carbonyl (C=O) groups excluding carboxylic acids is 3. The van der Waals surface area contributed by atoms with Crippen molar-refractivity contribution in [3.05, 3.63) is 69.8 Å². The molecule has 2 aromatic rings. The van der Waals surface area contributed by atoms with E-state index in [1.54, 1.807) is 12.1 Å². The molecule has 0 heterocycles. The van der Waals surface area contributed by atoms with Gasteiger partial charge in [-0.25, -0.2) is 0 Å². The molecule has 2 rings (SSSR count). The van der Waals surface area contributed by atoms with E-state index >= 15 is 0 Å². The molecule has 2 amide bonds. The van der Waals surface area contributed by atoms with Crippen LogP contribution in [0.3, 0.4) is 0 Å². The average Bonchev–Trinajstić information content (AvgIpc) is 2.75. The second kappa shape index (κ2) is 10.7. The highest BCUT2D eigenvalue weighted by molar-refractivity contribution is 5.97. The fraction of sp³-hybridized carbons (Fsp3) is 0.286. The van der Waals surface area contributed by atoms with E-state index in [0.717, 1.165) is 18.1 Å². The van der Waals surface area contributed by atoms with Crippen molar-refractivity contribution in [1.82, 2.24) is 5.32 Å². The van der Waals surface area contributed by atoms with Gasteiger partial charge in [0.05, 0.1) is 4.92 Å². The van der Waals surface area contributed by atoms with Gasteiger partial charge in [-0.1, -0.05) is 38.1 Å². The van der Waals surface area contributed by atoms with Gasteiger partial charge in [-0.3, -0.25) is 24.5 Å². The first-order chi connectivity index (χ1) is 14.3. The van der Waals surface area contributed by atoms with Crippen LogP contribution in [0.4, 0.5) is 11.4 Å². The number of esters is 1. The summed E-state index contributed by atoms with van der Waals surface area (Å²) in [6.07, 6.45) is 0.909. The van der Waals surface area contributed by atoms with E-state index in [4.69, 9.17) is 4.74 Å². The number of hydrogen-bond donors (Lipinski definition) is 2. The van der Waals surface area contributed by atoms with Crippen LogP contribution in [0.15, 0.2) is 48.5 Å². The van der Waals surface area contributed by atoms with Gasteiger partial charge in [0, 0.05) is 23.4 Å². The summed E-state index contributed by atoms with van der Waals surface area (Å²) >= 11 is 0. The summed E-state index contributed by atoms with van der Waals surface area (Å²) < 4.78 is 4.88. The molecule has 9 heteroatoms. The maximum absolute atomic E-state index is 12.1. The Morgan fingerprint density at radius 3 is 2.57 bits per heavy atom. The van der Waals surface area contributed by atoms with Gasteiger partial charge < -0.3 is 15.4 Å². The van der Waals surface area contributed by atoms with Crippen molar-refractivity contribution in [2.75, 3.05) is 18.5 Å². The van der Waals surface area contributed by atoms with Crippen LogP contribution in [-0.4, -0.2) is 35.9 Å². The van der Waals surface area contributed by atoms with Crippen molar-refractivity contribution in [2.24, 2.45) is 0 Å². The molecule has 0 bridgehead atoms. The molecule has 0 spiro atoms. The van der Waals surface area contributed by atoms with Crippen LogP contribution in [0.2, 0.25) is 0 Å². The van der Waals surface area contributed by atoms with Crippen molar-refractivity contribution in [1.29, 1.82) is 0 Å². The summed E-state index contributed by atoms with van der Waals surface area (Å²) in [5.41, 5.74) is 1.45. The Bertz CT molecular complexity index is 944. The third kappa shape index (κ3) is 6.40. The van der Waals surface area contributed by atoms with Crippen LogP contribution in [0.1, 0.15) is 42.1 Å². The summed E-state index contributed by atoms with van der Waals surface area (Å²) in [5, 5.41) is 15.8. The Morgan fingerprint density at radius 2 is 1.87 bits per heavy atom. The van der Waals surface area contributed by atoms with Gasteiger partial charge in [-0.15, -0.1) is 0 Å². The lowest BCUT2D eigenvalue weighted by Crippen LogP contribution is -2.32. The Kier molecular flexibility index (Phi) is 8.04. The van der Waals surface area contributed by atoms with Crippen molar-refractivity contribution >= 4 is 29.2 Å². The number of non-ortho nitro benzene ring substituents is 1. The smallest absolute Gasteiger partial charge is 0.325 e. The highest BCUT2D eigenvalue weighted by Gasteiger charge is 2.15. The molecule has 2 N–H and O–H groups in total. The fourth-order valence-electron chi connectivity index (χ4n) is 2.66. The summed E-state index contributed by atoms with van der Waals surface area (Å²) in [7, 11) is 0. The number of nitro groups is 1. The maximum atomic E-state index is 12.1. The number of rotatable bonds is 9. The number of carbonyl (C=O) groups is 3. The zero-order chi connectivity index (χ0) is 22.1. The molecule has 0 unspecified atom stereocenters. The van der Waals surface area contributed by atoms with E-state index in [2.05, 4.69) is 17.6 Å². The highest BCUT2D eigenvalue weighted by Crippen LogP contribution is 2.26. The van der Waals surface area contributed by atoms with E-state index in [1.807, 2.05) is 19.1 Å². The molecule has 0 radical (unpaired) electrons. The topological polar surface area (TPSA) is 128 Å². The van der Waals surface area contributed by atoms with Crippen LogP contribution in [0, 0.1) is 10.1 Å². The predicted octanol–water partition coefficient (Wildman–Crippen LogP) is 3.02. The van der Waals surface area contributed by atoms with Crippen LogP contribution in [0.25, 0.3) is 0 Å². The van der Waals surface area contributed by atoms with Crippen molar-refractivity contribution in [3.63, 3.8) is 0 Å². The fourth-order valence-corrected chi connectivity index (χ4v) is 2.66. The molecule has 0 saturated heterocycles. The van der Waals surface area contributed by atoms with E-state index in [1.165, 1.54) is 18.2 Å². The summed E-state index contributed by atoms with van der Waals surface area (Å²) in [5.74, 6) is -1.71. The Labute approximate surface area is 173 Å². The number of benzene rings is 2. The van der Waals surface area contributed by atoms with Gasteiger partial charge in [0.15, 0.2) is 6.61 Å². The minimum atomic E-state index is -0.806. The number of nitrogens with zero attached hydrogens (tertiary/aromatic N) is 1. The first kappa shape index (κ1) is 22.5. The van der Waals surface area contributed by atoms with Crippen molar-refractivity contribution in [3.8, 4) is 0 Å². The molecular formula is C21H23N3O6. The van der Waals surface area contributed by atoms with Gasteiger partial charge in [0.1, 0.15) is 6.54 Å². The molecule has 0 aliphatic carbocycles. The molecular weight excluding hydrogens is 390 g/mol. The molecule has 30 heavy (non-hydrogen) atoms. The zero-order valence-corrected chi connectivity index (χ0v) is 16.7. The Hall–Kier alpha value is -3.75. The van der Waals surface area contributed by atoms with Crippen LogP contribution in [-0.2, 0) is 14.3 Å². The third-order valence-corrected chi connectivity index (χ3v) is 4.45. The van der Waals surface area contributed by atoms with Gasteiger partial charge in [0.25, 0.3) is 17.5 Å². The second-order valence-electron chi connectivity index (χ2n) is 6.60. The van der Waals surface area contributed by atoms with Crippen LogP contribution < -0.4 is 10.6 Å². The quantitative estimate of drug-likeness (QED) is 0.369. The van der Waals surface area contributed by atoms with E-state index in [9.17, 15) is 24.5 Å². The molecule has 9 nitrogen and oxygen atoms in total. The first-order valence-corrected chi connectivity index (χ1v) is 9.38. The number of nitro benzene ring substituents is 1. The van der Waals surface area contributed by atoms with Crippen LogP contribution >= 0.6 is 0 Å². The van der Waals surface area contributed by atoms with Crippen LogP contribution in [0.5, 0.6) is 0 Å². The second-order valence-corrected chi connectivity index (χ2v) is 6.60. The van der Waals surface area contributed by atoms with Gasteiger partial charge >= 0.3 is 5.97 Å². The third-order valence-electron chi connectivity index (χ3n) is 4.45. The SMILES string of the molecule is CC[C@H](C)c1ccccc1NC(=O)COC(=O)CNC(=O)c1cccc([N+](=O)[O-])c1. The monoisotopic (exact) mass is 413 g/mol. The number of anilines is 1. The number of amides is 2. The minimum Gasteiger partial charge on any atom is -0.454 e. The first-order valence-electron chi connectivity index (χ1n) is 9.38. The standard InChI is InChI=1S/C21H23N3O6/c1-3-14(2)17-9-4-5-10-18(17)23-19(25)13-30-20(26)12-22-21(27)15-7-6-8-16(11-15)24(28)29/h4-11,14H,3,12-13H2,1-2H3,(H,22,27)(H,23,25)/t14-/m0/s1. The Balaban J connectivity index is 1.82.